The van der Waals surface area contributed by atoms with Crippen molar-refractivity contribution in [3.63, 3.8) is 0 Å². The summed E-state index contributed by atoms with van der Waals surface area (Å²) >= 11 is 0. The first-order valence-corrected chi connectivity index (χ1v) is 5.33. The van der Waals surface area contributed by atoms with Crippen molar-refractivity contribution in [2.24, 2.45) is 5.73 Å². The van der Waals surface area contributed by atoms with Crippen molar-refractivity contribution < 1.29 is 9.47 Å². The summed E-state index contributed by atoms with van der Waals surface area (Å²) in [4.78, 5) is 0. The minimum Gasteiger partial charge on any atom is -0.379 e. The molecule has 1 heterocycles. The van der Waals surface area contributed by atoms with Gasteiger partial charge in [-0.2, -0.15) is 0 Å². The highest BCUT2D eigenvalue weighted by Gasteiger charge is 2.25. The van der Waals surface area contributed by atoms with Crippen LogP contribution in [-0.4, -0.2) is 31.5 Å². The van der Waals surface area contributed by atoms with Gasteiger partial charge in [0, 0.05) is 12.6 Å². The topological polar surface area (TPSA) is 44.5 Å². The molecule has 1 aliphatic carbocycles. The van der Waals surface area contributed by atoms with E-state index in [4.69, 9.17) is 15.2 Å². The Balaban J connectivity index is 1.73. The van der Waals surface area contributed by atoms with Crippen LogP contribution in [0.4, 0.5) is 0 Å². The Morgan fingerprint density at radius 2 is 2.08 bits per heavy atom. The highest BCUT2D eigenvalue weighted by Crippen LogP contribution is 2.22. The van der Waals surface area contributed by atoms with Gasteiger partial charge in [0.05, 0.1) is 18.8 Å². The molecule has 0 aromatic heterocycles. The van der Waals surface area contributed by atoms with Gasteiger partial charge in [-0.3, -0.25) is 0 Å². The van der Waals surface area contributed by atoms with Gasteiger partial charge in [-0.25, -0.2) is 0 Å². The van der Waals surface area contributed by atoms with Gasteiger partial charge in [0.1, 0.15) is 0 Å². The van der Waals surface area contributed by atoms with E-state index in [1.54, 1.807) is 0 Å². The summed E-state index contributed by atoms with van der Waals surface area (Å²) in [6, 6.07) is 0.362. The van der Waals surface area contributed by atoms with Gasteiger partial charge in [-0.05, 0) is 32.1 Å². The maximum Gasteiger partial charge on any atom is 0.0834 e. The van der Waals surface area contributed by atoms with Gasteiger partial charge in [0.15, 0.2) is 0 Å². The first-order valence-electron chi connectivity index (χ1n) is 5.33. The van der Waals surface area contributed by atoms with Crippen LogP contribution in [0, 0.1) is 0 Å². The van der Waals surface area contributed by atoms with Crippen LogP contribution in [0.3, 0.4) is 0 Å². The molecule has 3 unspecified atom stereocenters. The fourth-order valence-corrected chi connectivity index (χ4v) is 2.20. The van der Waals surface area contributed by atoms with E-state index in [1.165, 1.54) is 19.3 Å². The van der Waals surface area contributed by atoms with Crippen molar-refractivity contribution in [3.8, 4) is 0 Å². The largest absolute Gasteiger partial charge is 0.379 e. The normalized spacial score (nSPS) is 40.8. The van der Waals surface area contributed by atoms with E-state index >= 15 is 0 Å². The molecule has 3 heteroatoms. The Morgan fingerprint density at radius 3 is 2.77 bits per heavy atom. The second-order valence-electron chi connectivity index (χ2n) is 4.17. The van der Waals surface area contributed by atoms with Gasteiger partial charge in [0.2, 0.25) is 0 Å². The quantitative estimate of drug-likeness (QED) is 0.699. The Kier molecular flexibility index (Phi) is 3.19. The Hall–Kier alpha value is -0.120. The van der Waals surface area contributed by atoms with Crippen molar-refractivity contribution >= 4 is 0 Å². The summed E-state index contributed by atoms with van der Waals surface area (Å²) in [6.45, 7) is 1.65. The van der Waals surface area contributed by atoms with Gasteiger partial charge in [0.25, 0.3) is 0 Å². The first kappa shape index (κ1) is 9.44. The molecule has 3 atom stereocenters. The van der Waals surface area contributed by atoms with Crippen LogP contribution >= 0.6 is 0 Å². The third kappa shape index (κ3) is 2.66. The average molecular weight is 185 g/mol. The molecule has 2 rings (SSSR count). The molecule has 13 heavy (non-hydrogen) atoms. The zero-order valence-electron chi connectivity index (χ0n) is 8.08. The lowest BCUT2D eigenvalue weighted by atomic mass is 9.93. The molecule has 0 radical (unpaired) electrons. The Morgan fingerprint density at radius 1 is 1.15 bits per heavy atom. The summed E-state index contributed by atoms with van der Waals surface area (Å²) in [6.07, 6.45) is 6.41. The van der Waals surface area contributed by atoms with Gasteiger partial charge in [-0.15, -0.1) is 0 Å². The SMILES string of the molecule is NC1CCCC(OC2CCOC2)C1. The van der Waals surface area contributed by atoms with Crippen molar-refractivity contribution in [1.29, 1.82) is 0 Å². The van der Waals surface area contributed by atoms with Crippen LogP contribution in [-0.2, 0) is 9.47 Å². The minimum absolute atomic E-state index is 0.343. The lowest BCUT2D eigenvalue weighted by molar-refractivity contribution is -0.0350. The lowest BCUT2D eigenvalue weighted by Crippen LogP contribution is -2.34. The van der Waals surface area contributed by atoms with E-state index in [2.05, 4.69) is 0 Å². The highest BCUT2D eigenvalue weighted by atomic mass is 16.5. The molecule has 1 saturated carbocycles. The number of nitrogens with two attached hydrogens (primary N) is 1. The van der Waals surface area contributed by atoms with Crippen molar-refractivity contribution in [1.82, 2.24) is 0 Å². The van der Waals surface area contributed by atoms with E-state index in [-0.39, 0.29) is 0 Å². The molecule has 1 aliphatic heterocycles. The summed E-state index contributed by atoms with van der Waals surface area (Å²) < 4.78 is 11.2. The van der Waals surface area contributed by atoms with Crippen molar-refractivity contribution in [2.75, 3.05) is 13.2 Å². The molecule has 2 fully saturated rings. The molecule has 0 spiro atoms. The second-order valence-corrected chi connectivity index (χ2v) is 4.17. The third-order valence-electron chi connectivity index (χ3n) is 2.94. The maximum absolute atomic E-state index is 5.92. The number of hydrogen-bond acceptors (Lipinski definition) is 3. The fourth-order valence-electron chi connectivity index (χ4n) is 2.20. The average Bonchev–Trinajstić information content (AvgIpc) is 2.57. The molecule has 3 nitrogen and oxygen atoms in total. The van der Waals surface area contributed by atoms with E-state index in [0.29, 0.717) is 18.2 Å². The van der Waals surface area contributed by atoms with Crippen LogP contribution in [0.2, 0.25) is 0 Å². The second kappa shape index (κ2) is 4.40. The van der Waals surface area contributed by atoms with E-state index in [1.807, 2.05) is 0 Å². The lowest BCUT2D eigenvalue weighted by Gasteiger charge is -2.28. The van der Waals surface area contributed by atoms with Crippen LogP contribution < -0.4 is 5.73 Å². The zero-order chi connectivity index (χ0) is 9.10. The van der Waals surface area contributed by atoms with Gasteiger partial charge in [-0.1, -0.05) is 0 Å². The molecule has 0 bridgehead atoms. The number of hydrogen-bond donors (Lipinski definition) is 1. The molecule has 1 saturated heterocycles. The molecule has 0 aromatic rings. The first-order chi connectivity index (χ1) is 6.34. The summed E-state index contributed by atoms with van der Waals surface area (Å²) in [5.41, 5.74) is 5.89. The fraction of sp³-hybridized carbons (Fsp3) is 1.00. The monoisotopic (exact) mass is 185 g/mol. The maximum atomic E-state index is 5.92. The zero-order valence-corrected chi connectivity index (χ0v) is 8.08. The molecular weight excluding hydrogens is 166 g/mol. The van der Waals surface area contributed by atoms with E-state index in [0.717, 1.165) is 26.1 Å². The Bertz CT molecular complexity index is 157. The predicted octanol–water partition coefficient (Wildman–Crippen LogP) is 1.06. The molecule has 0 amide bonds. The smallest absolute Gasteiger partial charge is 0.0834 e. The molecular formula is C10H19NO2. The van der Waals surface area contributed by atoms with Crippen molar-refractivity contribution in [3.05, 3.63) is 0 Å². The van der Waals surface area contributed by atoms with Crippen molar-refractivity contribution in [2.45, 2.75) is 50.4 Å². The summed E-state index contributed by atoms with van der Waals surface area (Å²) in [5.74, 6) is 0. The molecule has 2 N–H and O–H groups in total. The molecule has 2 aliphatic rings. The van der Waals surface area contributed by atoms with Crippen LogP contribution in [0.5, 0.6) is 0 Å². The number of rotatable bonds is 2. The summed E-state index contributed by atoms with van der Waals surface area (Å²) in [7, 11) is 0. The highest BCUT2D eigenvalue weighted by molar-refractivity contribution is 4.77. The van der Waals surface area contributed by atoms with Gasteiger partial charge < -0.3 is 15.2 Å². The third-order valence-corrected chi connectivity index (χ3v) is 2.94. The van der Waals surface area contributed by atoms with Crippen LogP contribution in [0.25, 0.3) is 0 Å². The molecule has 0 aromatic carbocycles. The van der Waals surface area contributed by atoms with E-state index in [9.17, 15) is 0 Å². The standard InChI is InChI=1S/C10H19NO2/c11-8-2-1-3-9(6-8)13-10-4-5-12-7-10/h8-10H,1-7,11H2. The number of ether oxygens (including phenoxy) is 2. The minimum atomic E-state index is 0.343. The van der Waals surface area contributed by atoms with Crippen LogP contribution in [0.15, 0.2) is 0 Å². The summed E-state index contributed by atoms with van der Waals surface area (Å²) in [5, 5.41) is 0. The van der Waals surface area contributed by atoms with Gasteiger partial charge >= 0.3 is 0 Å². The molecule has 76 valence electrons. The Labute approximate surface area is 79.6 Å². The van der Waals surface area contributed by atoms with Crippen LogP contribution in [0.1, 0.15) is 32.1 Å². The van der Waals surface area contributed by atoms with E-state index < -0.39 is 0 Å². The predicted molar refractivity (Wildman–Crippen MR) is 50.5 cm³/mol.